The van der Waals surface area contributed by atoms with E-state index < -0.39 is 0 Å². The van der Waals surface area contributed by atoms with Crippen LogP contribution in [0.15, 0.2) is 11.6 Å². The molecule has 0 aromatic rings. The summed E-state index contributed by atoms with van der Waals surface area (Å²) in [6.45, 7) is 12.7. The van der Waals surface area contributed by atoms with Crippen molar-refractivity contribution in [2.24, 2.45) is 46.3 Å². The SMILES string of the molecule is CC(C)CCC[C@@H](C)C1CCC2C3CC=C4C[C@H](Cl)CC[C@]4(C)C3CC[C@@]21C. The quantitative estimate of drug-likeness (QED) is 0.317. The van der Waals surface area contributed by atoms with Gasteiger partial charge in [0.1, 0.15) is 0 Å². The molecule has 4 rings (SSSR count). The molecule has 0 N–H and O–H groups in total. The van der Waals surface area contributed by atoms with Crippen LogP contribution in [-0.2, 0) is 0 Å². The Hall–Kier alpha value is 0.0300. The lowest BCUT2D eigenvalue weighted by Crippen LogP contribution is -2.50. The zero-order valence-electron chi connectivity index (χ0n) is 19.3. The van der Waals surface area contributed by atoms with Crippen molar-refractivity contribution in [3.63, 3.8) is 0 Å². The molecule has 0 bridgehead atoms. The minimum absolute atomic E-state index is 0.396. The van der Waals surface area contributed by atoms with E-state index in [4.69, 9.17) is 11.6 Å². The average Bonchev–Trinajstić information content (AvgIpc) is 2.99. The molecular weight excluding hydrogens is 360 g/mol. The van der Waals surface area contributed by atoms with Gasteiger partial charge < -0.3 is 0 Å². The van der Waals surface area contributed by atoms with Crippen molar-refractivity contribution < 1.29 is 0 Å². The molecule has 3 saturated carbocycles. The van der Waals surface area contributed by atoms with Crippen molar-refractivity contribution in [3.05, 3.63) is 11.6 Å². The summed E-state index contributed by atoms with van der Waals surface area (Å²) < 4.78 is 0. The van der Waals surface area contributed by atoms with Gasteiger partial charge in [-0.05, 0) is 97.7 Å². The first-order valence-corrected chi connectivity index (χ1v) is 13.0. The van der Waals surface area contributed by atoms with Crippen LogP contribution in [0, 0.1) is 46.3 Å². The maximum absolute atomic E-state index is 6.56. The number of fused-ring (bicyclic) bond motifs is 5. The highest BCUT2D eigenvalue weighted by atomic mass is 35.5. The van der Waals surface area contributed by atoms with Gasteiger partial charge in [0.25, 0.3) is 0 Å². The summed E-state index contributed by atoms with van der Waals surface area (Å²) >= 11 is 6.56. The molecule has 8 atom stereocenters. The van der Waals surface area contributed by atoms with Gasteiger partial charge in [-0.1, -0.05) is 65.5 Å². The molecule has 1 heteroatoms. The maximum atomic E-state index is 6.56. The predicted molar refractivity (Wildman–Crippen MR) is 123 cm³/mol. The van der Waals surface area contributed by atoms with Gasteiger partial charge in [0.15, 0.2) is 0 Å². The van der Waals surface area contributed by atoms with Crippen molar-refractivity contribution >= 4 is 11.6 Å². The first-order valence-electron chi connectivity index (χ1n) is 12.6. The van der Waals surface area contributed by atoms with Crippen LogP contribution in [0.2, 0.25) is 0 Å². The first kappa shape index (κ1) is 21.3. The number of rotatable bonds is 5. The Morgan fingerprint density at radius 1 is 1.00 bits per heavy atom. The van der Waals surface area contributed by atoms with Crippen LogP contribution in [0.5, 0.6) is 0 Å². The maximum Gasteiger partial charge on any atom is 0.0373 e. The van der Waals surface area contributed by atoms with E-state index in [1.165, 1.54) is 70.6 Å². The summed E-state index contributed by atoms with van der Waals surface area (Å²) in [4.78, 5) is 0. The molecule has 0 aromatic carbocycles. The van der Waals surface area contributed by atoms with Gasteiger partial charge in [-0.2, -0.15) is 0 Å². The van der Waals surface area contributed by atoms with Crippen LogP contribution in [0.25, 0.3) is 0 Å². The van der Waals surface area contributed by atoms with Crippen molar-refractivity contribution in [1.82, 2.24) is 0 Å². The van der Waals surface area contributed by atoms with Crippen molar-refractivity contribution in [2.45, 2.75) is 111 Å². The summed E-state index contributed by atoms with van der Waals surface area (Å²) in [6.07, 6.45) is 18.0. The van der Waals surface area contributed by atoms with Gasteiger partial charge in [-0.3, -0.25) is 0 Å². The standard InChI is InChI=1S/C27H45Cl/c1-18(2)7-6-8-19(3)23-11-12-24-22-10-9-20-17-21(28)13-15-26(20,4)25(22)14-16-27(23,24)5/h9,18-19,21-25H,6-8,10-17H2,1-5H3/t19-,21-,22?,23?,24?,25?,26+,27-/m1/s1. The highest BCUT2D eigenvalue weighted by Crippen LogP contribution is 2.67. The van der Waals surface area contributed by atoms with Crippen LogP contribution in [-0.4, -0.2) is 5.38 Å². The summed E-state index contributed by atoms with van der Waals surface area (Å²) in [5.74, 6) is 5.62. The molecule has 4 aliphatic rings. The van der Waals surface area contributed by atoms with Crippen molar-refractivity contribution in [1.29, 1.82) is 0 Å². The molecule has 160 valence electrons. The highest BCUT2D eigenvalue weighted by Gasteiger charge is 2.58. The minimum Gasteiger partial charge on any atom is -0.123 e. The third-order valence-corrected chi connectivity index (χ3v) is 10.6. The summed E-state index contributed by atoms with van der Waals surface area (Å²) in [5, 5.41) is 0.396. The smallest absolute Gasteiger partial charge is 0.0373 e. The number of hydrogen-bond donors (Lipinski definition) is 0. The normalized spacial score (nSPS) is 46.5. The second kappa shape index (κ2) is 7.94. The molecule has 0 nitrogen and oxygen atoms in total. The van der Waals surface area contributed by atoms with E-state index in [9.17, 15) is 0 Å². The fourth-order valence-corrected chi connectivity index (χ4v) is 8.92. The van der Waals surface area contributed by atoms with Crippen LogP contribution in [0.4, 0.5) is 0 Å². The Morgan fingerprint density at radius 2 is 1.79 bits per heavy atom. The van der Waals surface area contributed by atoms with E-state index in [-0.39, 0.29) is 0 Å². The number of halogens is 1. The zero-order valence-corrected chi connectivity index (χ0v) is 20.0. The Bertz CT molecular complexity index is 591. The summed E-state index contributed by atoms with van der Waals surface area (Å²) in [7, 11) is 0. The van der Waals surface area contributed by atoms with Gasteiger partial charge >= 0.3 is 0 Å². The van der Waals surface area contributed by atoms with E-state index >= 15 is 0 Å². The molecule has 4 aliphatic carbocycles. The van der Waals surface area contributed by atoms with Crippen LogP contribution < -0.4 is 0 Å². The van der Waals surface area contributed by atoms with Gasteiger partial charge in [0, 0.05) is 5.38 Å². The van der Waals surface area contributed by atoms with Crippen LogP contribution >= 0.6 is 11.6 Å². The molecule has 4 unspecified atom stereocenters. The topological polar surface area (TPSA) is 0 Å². The lowest BCUT2D eigenvalue weighted by Gasteiger charge is -2.58. The van der Waals surface area contributed by atoms with Gasteiger partial charge in [0.2, 0.25) is 0 Å². The Balaban J connectivity index is 1.49. The second-order valence-corrected chi connectivity index (χ2v) is 12.7. The molecule has 28 heavy (non-hydrogen) atoms. The molecule has 0 aliphatic heterocycles. The Morgan fingerprint density at radius 3 is 2.54 bits per heavy atom. The number of hydrogen-bond acceptors (Lipinski definition) is 0. The van der Waals surface area contributed by atoms with Gasteiger partial charge in [-0.25, -0.2) is 0 Å². The predicted octanol–water partition coefficient (Wildman–Crippen LogP) is 8.64. The molecule has 0 spiro atoms. The summed E-state index contributed by atoms with van der Waals surface area (Å²) in [5.41, 5.74) is 2.82. The molecule has 0 aromatic heterocycles. The number of alkyl halides is 1. The lowest BCUT2D eigenvalue weighted by molar-refractivity contribution is -0.0498. The third kappa shape index (κ3) is 3.52. The van der Waals surface area contributed by atoms with E-state index in [1.807, 2.05) is 0 Å². The highest BCUT2D eigenvalue weighted by molar-refractivity contribution is 6.20. The van der Waals surface area contributed by atoms with Gasteiger partial charge in [-0.15, -0.1) is 11.6 Å². The fraction of sp³-hybridized carbons (Fsp3) is 0.926. The van der Waals surface area contributed by atoms with E-state index in [1.54, 1.807) is 5.57 Å². The van der Waals surface area contributed by atoms with Crippen molar-refractivity contribution in [3.8, 4) is 0 Å². The van der Waals surface area contributed by atoms with Crippen molar-refractivity contribution in [2.75, 3.05) is 0 Å². The van der Waals surface area contributed by atoms with Gasteiger partial charge in [0.05, 0.1) is 0 Å². The fourth-order valence-electron chi connectivity index (χ4n) is 8.64. The monoisotopic (exact) mass is 404 g/mol. The third-order valence-electron chi connectivity index (χ3n) is 10.2. The largest absolute Gasteiger partial charge is 0.123 e. The average molecular weight is 405 g/mol. The van der Waals surface area contributed by atoms with E-state index in [2.05, 4.69) is 40.7 Å². The van der Waals surface area contributed by atoms with Crippen LogP contribution in [0.3, 0.4) is 0 Å². The molecule has 0 amide bonds. The summed E-state index contributed by atoms with van der Waals surface area (Å²) in [6, 6.07) is 0. The molecule has 0 radical (unpaired) electrons. The zero-order chi connectivity index (χ0) is 20.1. The molecule has 3 fully saturated rings. The molecule has 0 heterocycles. The van der Waals surface area contributed by atoms with E-state index in [0.717, 1.165) is 35.5 Å². The number of allylic oxidation sites excluding steroid dienone is 2. The Labute approximate surface area is 180 Å². The lowest BCUT2D eigenvalue weighted by atomic mass is 9.47. The first-order chi connectivity index (χ1) is 13.3. The molecule has 0 saturated heterocycles. The Kier molecular flexibility index (Phi) is 6.03. The molecular formula is C27H45Cl. The second-order valence-electron chi connectivity index (χ2n) is 12.1. The van der Waals surface area contributed by atoms with E-state index in [0.29, 0.717) is 16.2 Å². The minimum atomic E-state index is 0.396. The van der Waals surface area contributed by atoms with Crippen LogP contribution in [0.1, 0.15) is 105 Å².